The van der Waals surface area contributed by atoms with Crippen molar-refractivity contribution in [3.63, 3.8) is 0 Å². The number of amides is 1. The van der Waals surface area contributed by atoms with Crippen LogP contribution in [-0.2, 0) is 21.4 Å². The van der Waals surface area contributed by atoms with Gasteiger partial charge < -0.3 is 14.7 Å². The third kappa shape index (κ3) is 2.42. The van der Waals surface area contributed by atoms with E-state index in [9.17, 15) is 14.7 Å². The lowest BCUT2D eigenvalue weighted by Crippen LogP contribution is -2.45. The van der Waals surface area contributed by atoms with Crippen molar-refractivity contribution in [3.05, 3.63) is 17.0 Å². The van der Waals surface area contributed by atoms with E-state index < -0.39 is 23.2 Å². The Morgan fingerprint density at radius 3 is 2.46 bits per heavy atom. The summed E-state index contributed by atoms with van der Waals surface area (Å²) < 4.78 is 7.42. The van der Waals surface area contributed by atoms with Crippen LogP contribution in [0.15, 0.2) is 0 Å². The molecule has 3 atom stereocenters. The molecule has 2 fully saturated rings. The van der Waals surface area contributed by atoms with E-state index in [2.05, 4.69) is 5.10 Å². The monoisotopic (exact) mass is 335 g/mol. The summed E-state index contributed by atoms with van der Waals surface area (Å²) in [5.74, 6) is -2.04. The second-order valence-corrected chi connectivity index (χ2v) is 7.45. The highest BCUT2D eigenvalue weighted by molar-refractivity contribution is 5.92. The van der Waals surface area contributed by atoms with Crippen molar-refractivity contribution in [2.75, 3.05) is 19.8 Å². The first-order valence-electron chi connectivity index (χ1n) is 8.29. The molecule has 132 valence electrons. The number of carboxylic acid groups (broad SMARTS) is 1. The smallest absolute Gasteiger partial charge is 0.307 e. The molecule has 0 bridgehead atoms. The molecule has 7 nitrogen and oxygen atoms in total. The SMILES string of the molecule is Cc1nn(C)c(C)c1C1COCCN1C(=O)[C@@H]1[C@H](C(=O)O)C1(C)C. The molecule has 1 aromatic heterocycles. The standard InChI is InChI=1S/C17H25N3O4/c1-9-12(10(2)19(5)18-9)11-8-24-7-6-20(11)15(21)13-14(16(22)23)17(13,3)4/h11,13-14H,6-8H2,1-5H3,(H,22,23)/t11?,13-,14+/m0/s1. The van der Waals surface area contributed by atoms with Crippen LogP contribution in [0.25, 0.3) is 0 Å². The van der Waals surface area contributed by atoms with Gasteiger partial charge in [0.15, 0.2) is 0 Å². The molecule has 1 amide bonds. The Morgan fingerprint density at radius 2 is 1.96 bits per heavy atom. The summed E-state index contributed by atoms with van der Waals surface area (Å²) in [5, 5.41) is 13.8. The Kier molecular flexibility index (Phi) is 3.94. The van der Waals surface area contributed by atoms with Crippen molar-refractivity contribution in [3.8, 4) is 0 Å². The van der Waals surface area contributed by atoms with E-state index in [1.807, 2.05) is 39.4 Å². The van der Waals surface area contributed by atoms with Gasteiger partial charge in [0, 0.05) is 24.8 Å². The molecule has 1 saturated carbocycles. The lowest BCUT2D eigenvalue weighted by molar-refractivity contribution is -0.146. The number of nitrogens with zero attached hydrogens (tertiary/aromatic N) is 3. The van der Waals surface area contributed by atoms with E-state index in [0.29, 0.717) is 19.8 Å². The maximum Gasteiger partial charge on any atom is 0.307 e. The molecule has 0 radical (unpaired) electrons. The predicted octanol–water partition coefficient (Wildman–Crippen LogP) is 1.29. The minimum Gasteiger partial charge on any atom is -0.481 e. The molecule has 1 aromatic rings. The summed E-state index contributed by atoms with van der Waals surface area (Å²) in [5.41, 5.74) is 2.40. The molecule has 1 unspecified atom stereocenters. The van der Waals surface area contributed by atoms with E-state index in [1.165, 1.54) is 0 Å². The van der Waals surface area contributed by atoms with E-state index in [0.717, 1.165) is 17.0 Å². The molecule has 0 aromatic carbocycles. The highest BCUT2D eigenvalue weighted by atomic mass is 16.5. The van der Waals surface area contributed by atoms with E-state index in [1.54, 1.807) is 4.90 Å². The maximum atomic E-state index is 13.1. The highest BCUT2D eigenvalue weighted by Crippen LogP contribution is 2.59. The first-order chi connectivity index (χ1) is 11.2. The Labute approximate surface area is 141 Å². The number of hydrogen-bond acceptors (Lipinski definition) is 4. The Morgan fingerprint density at radius 1 is 1.29 bits per heavy atom. The van der Waals surface area contributed by atoms with Crippen LogP contribution in [0.1, 0.15) is 36.8 Å². The Hall–Kier alpha value is -1.89. The van der Waals surface area contributed by atoms with Gasteiger partial charge in [-0.25, -0.2) is 0 Å². The zero-order chi connectivity index (χ0) is 17.8. The van der Waals surface area contributed by atoms with E-state index in [-0.39, 0.29) is 11.9 Å². The number of morpholine rings is 1. The summed E-state index contributed by atoms with van der Waals surface area (Å²) in [6.07, 6.45) is 0. The molecular formula is C17H25N3O4. The maximum absolute atomic E-state index is 13.1. The molecule has 2 heterocycles. The van der Waals surface area contributed by atoms with E-state index >= 15 is 0 Å². The van der Waals surface area contributed by atoms with Crippen LogP contribution in [0.5, 0.6) is 0 Å². The average molecular weight is 335 g/mol. The van der Waals surface area contributed by atoms with Crippen molar-refractivity contribution >= 4 is 11.9 Å². The first kappa shape index (κ1) is 17.0. The van der Waals surface area contributed by atoms with Gasteiger partial charge in [0.2, 0.25) is 5.91 Å². The van der Waals surface area contributed by atoms with Crippen LogP contribution in [0, 0.1) is 31.1 Å². The molecular weight excluding hydrogens is 310 g/mol. The molecule has 1 N–H and O–H groups in total. The summed E-state index contributed by atoms with van der Waals surface area (Å²) in [4.78, 5) is 26.3. The second kappa shape index (κ2) is 5.58. The largest absolute Gasteiger partial charge is 0.481 e. The molecule has 2 aliphatic rings. The average Bonchev–Trinajstić information content (AvgIpc) is 3.00. The van der Waals surface area contributed by atoms with Crippen LogP contribution in [0.3, 0.4) is 0 Å². The van der Waals surface area contributed by atoms with Crippen molar-refractivity contribution < 1.29 is 19.4 Å². The van der Waals surface area contributed by atoms with Crippen LogP contribution < -0.4 is 0 Å². The van der Waals surface area contributed by atoms with Gasteiger partial charge in [-0.1, -0.05) is 13.8 Å². The summed E-state index contributed by atoms with van der Waals surface area (Å²) in [6.45, 7) is 8.99. The van der Waals surface area contributed by atoms with Crippen LogP contribution >= 0.6 is 0 Å². The molecule has 3 rings (SSSR count). The third-order valence-corrected chi connectivity index (χ3v) is 5.67. The number of aryl methyl sites for hydroxylation is 2. The topological polar surface area (TPSA) is 84.7 Å². The van der Waals surface area contributed by atoms with Gasteiger partial charge >= 0.3 is 5.97 Å². The first-order valence-corrected chi connectivity index (χ1v) is 8.29. The van der Waals surface area contributed by atoms with Crippen molar-refractivity contribution in [2.24, 2.45) is 24.3 Å². The molecule has 24 heavy (non-hydrogen) atoms. The van der Waals surface area contributed by atoms with Gasteiger partial charge in [-0.2, -0.15) is 5.10 Å². The van der Waals surface area contributed by atoms with Crippen molar-refractivity contribution in [2.45, 2.75) is 33.7 Å². The van der Waals surface area contributed by atoms with Gasteiger partial charge in [-0.05, 0) is 19.3 Å². The van der Waals surface area contributed by atoms with Crippen molar-refractivity contribution in [1.82, 2.24) is 14.7 Å². The fourth-order valence-electron chi connectivity index (χ4n) is 4.12. The number of carbonyl (C=O) groups excluding carboxylic acids is 1. The van der Waals surface area contributed by atoms with Gasteiger partial charge in [0.1, 0.15) is 0 Å². The van der Waals surface area contributed by atoms with Gasteiger partial charge in [-0.3, -0.25) is 14.3 Å². The highest BCUT2D eigenvalue weighted by Gasteiger charge is 2.67. The predicted molar refractivity (Wildman–Crippen MR) is 86.4 cm³/mol. The molecule has 1 aliphatic heterocycles. The zero-order valence-electron chi connectivity index (χ0n) is 14.9. The quantitative estimate of drug-likeness (QED) is 0.900. The number of carbonyl (C=O) groups is 2. The van der Waals surface area contributed by atoms with Crippen LogP contribution in [0.4, 0.5) is 0 Å². The van der Waals surface area contributed by atoms with E-state index in [4.69, 9.17) is 4.74 Å². The number of aromatic nitrogens is 2. The number of carboxylic acids is 1. The summed E-state index contributed by atoms with van der Waals surface area (Å²) >= 11 is 0. The van der Waals surface area contributed by atoms with Gasteiger partial charge in [-0.15, -0.1) is 0 Å². The van der Waals surface area contributed by atoms with Gasteiger partial charge in [0.25, 0.3) is 0 Å². The minimum absolute atomic E-state index is 0.0802. The number of rotatable bonds is 3. The zero-order valence-corrected chi connectivity index (χ0v) is 14.9. The lowest BCUT2D eigenvalue weighted by Gasteiger charge is -2.36. The van der Waals surface area contributed by atoms with Crippen molar-refractivity contribution in [1.29, 1.82) is 0 Å². The number of hydrogen-bond donors (Lipinski definition) is 1. The second-order valence-electron chi connectivity index (χ2n) is 7.45. The number of ether oxygens (including phenoxy) is 1. The van der Waals surface area contributed by atoms with Crippen LogP contribution in [0.2, 0.25) is 0 Å². The Bertz CT molecular complexity index is 694. The molecule has 7 heteroatoms. The molecule has 1 saturated heterocycles. The number of aliphatic carboxylic acids is 1. The minimum atomic E-state index is -0.892. The third-order valence-electron chi connectivity index (χ3n) is 5.67. The summed E-state index contributed by atoms with van der Waals surface area (Å²) in [6, 6.07) is -0.203. The Balaban J connectivity index is 1.91. The lowest BCUT2D eigenvalue weighted by atomic mass is 10.0. The normalized spacial score (nSPS) is 28.7. The molecule has 1 aliphatic carbocycles. The summed E-state index contributed by atoms with van der Waals surface area (Å²) in [7, 11) is 1.88. The van der Waals surface area contributed by atoms with Gasteiger partial charge in [0.05, 0.1) is 36.8 Å². The molecule has 0 spiro atoms. The fourth-order valence-corrected chi connectivity index (χ4v) is 4.12. The fraction of sp³-hybridized carbons (Fsp3) is 0.706. The van der Waals surface area contributed by atoms with Crippen LogP contribution in [-0.4, -0.2) is 51.4 Å².